The van der Waals surface area contributed by atoms with E-state index in [9.17, 15) is 4.79 Å². The largest absolute Gasteiger partial charge is 0.368 e. The molecule has 0 bridgehead atoms. The van der Waals surface area contributed by atoms with E-state index < -0.39 is 0 Å². The Morgan fingerprint density at radius 2 is 2.15 bits per heavy atom. The van der Waals surface area contributed by atoms with Crippen LogP contribution in [0.25, 0.3) is 0 Å². The normalized spacial score (nSPS) is 24.2. The van der Waals surface area contributed by atoms with Gasteiger partial charge in [0.05, 0.1) is 3.79 Å². The maximum Gasteiger partial charge on any atom is 0.251 e. The maximum atomic E-state index is 12.2. The molecule has 3 rings (SSSR count). The van der Waals surface area contributed by atoms with Crippen molar-refractivity contribution in [1.82, 2.24) is 9.80 Å². The molecular formula is C14H19BrN2O2S. The molecule has 6 heteroatoms. The molecule has 1 amide bonds. The second-order valence-electron chi connectivity index (χ2n) is 5.31. The van der Waals surface area contributed by atoms with Crippen LogP contribution in [0.2, 0.25) is 0 Å². The molecule has 0 spiro atoms. The van der Waals surface area contributed by atoms with Crippen LogP contribution in [0.1, 0.15) is 17.7 Å². The van der Waals surface area contributed by atoms with Crippen LogP contribution < -0.4 is 0 Å². The summed E-state index contributed by atoms with van der Waals surface area (Å²) in [7, 11) is 0. The van der Waals surface area contributed by atoms with Crippen LogP contribution in [0.5, 0.6) is 0 Å². The van der Waals surface area contributed by atoms with Gasteiger partial charge in [-0.15, -0.1) is 11.3 Å². The number of ether oxygens (including phenoxy) is 1. The fourth-order valence-corrected chi connectivity index (χ4v) is 4.29. The van der Waals surface area contributed by atoms with Crippen LogP contribution in [-0.4, -0.2) is 54.6 Å². The van der Waals surface area contributed by atoms with Crippen molar-refractivity contribution in [2.45, 2.75) is 25.5 Å². The van der Waals surface area contributed by atoms with Gasteiger partial charge in [-0.05, 0) is 40.9 Å². The highest BCUT2D eigenvalue weighted by atomic mass is 79.9. The van der Waals surface area contributed by atoms with Crippen molar-refractivity contribution < 1.29 is 9.53 Å². The van der Waals surface area contributed by atoms with E-state index in [1.807, 2.05) is 4.90 Å². The summed E-state index contributed by atoms with van der Waals surface area (Å²) < 4.78 is 6.67. The predicted octanol–water partition coefficient (Wildman–Crippen LogP) is 2.33. The average molecular weight is 359 g/mol. The van der Waals surface area contributed by atoms with E-state index in [0.29, 0.717) is 0 Å². The number of piperazine rings is 1. The minimum Gasteiger partial charge on any atom is -0.368 e. The highest BCUT2D eigenvalue weighted by Gasteiger charge is 2.30. The first-order valence-electron chi connectivity index (χ1n) is 7.09. The van der Waals surface area contributed by atoms with Gasteiger partial charge in [0, 0.05) is 44.2 Å². The Kier molecular flexibility index (Phi) is 4.75. The number of rotatable bonds is 3. The molecule has 1 aromatic heterocycles. The zero-order chi connectivity index (χ0) is 13.9. The molecule has 0 aliphatic carbocycles. The smallest absolute Gasteiger partial charge is 0.251 e. The van der Waals surface area contributed by atoms with Gasteiger partial charge < -0.3 is 9.64 Å². The molecule has 1 atom stereocenters. The van der Waals surface area contributed by atoms with Crippen molar-refractivity contribution in [1.29, 1.82) is 0 Å². The van der Waals surface area contributed by atoms with Gasteiger partial charge >= 0.3 is 0 Å². The molecule has 2 aliphatic rings. The van der Waals surface area contributed by atoms with E-state index in [4.69, 9.17) is 4.74 Å². The second kappa shape index (κ2) is 6.56. The molecule has 2 fully saturated rings. The van der Waals surface area contributed by atoms with Gasteiger partial charge in [-0.2, -0.15) is 0 Å². The molecule has 0 N–H and O–H groups in total. The molecule has 4 nitrogen and oxygen atoms in total. The highest BCUT2D eigenvalue weighted by molar-refractivity contribution is 9.11. The van der Waals surface area contributed by atoms with Crippen LogP contribution >= 0.6 is 27.3 Å². The molecule has 0 aromatic carbocycles. The zero-order valence-corrected chi connectivity index (χ0v) is 13.8. The second-order valence-corrected chi connectivity index (χ2v) is 7.86. The molecule has 1 unspecified atom stereocenters. The van der Waals surface area contributed by atoms with Crippen LogP contribution in [0.3, 0.4) is 0 Å². The quantitative estimate of drug-likeness (QED) is 0.831. The van der Waals surface area contributed by atoms with Gasteiger partial charge in [0.1, 0.15) is 6.10 Å². The number of thiophene rings is 1. The number of halogens is 1. The van der Waals surface area contributed by atoms with Gasteiger partial charge in [-0.1, -0.05) is 0 Å². The summed E-state index contributed by atoms with van der Waals surface area (Å²) in [6.07, 6.45) is 1.74. The third kappa shape index (κ3) is 3.42. The third-order valence-corrected chi connectivity index (χ3v) is 5.51. The van der Waals surface area contributed by atoms with Gasteiger partial charge in [-0.25, -0.2) is 0 Å². The van der Waals surface area contributed by atoms with E-state index >= 15 is 0 Å². The van der Waals surface area contributed by atoms with Gasteiger partial charge in [0.15, 0.2) is 0 Å². The Morgan fingerprint density at radius 1 is 1.35 bits per heavy atom. The van der Waals surface area contributed by atoms with Crippen molar-refractivity contribution in [3.05, 3.63) is 20.8 Å². The van der Waals surface area contributed by atoms with Crippen molar-refractivity contribution in [2.75, 3.05) is 32.8 Å². The van der Waals surface area contributed by atoms with Crippen LogP contribution in [0.4, 0.5) is 0 Å². The van der Waals surface area contributed by atoms with Crippen molar-refractivity contribution in [3.8, 4) is 0 Å². The molecule has 2 saturated heterocycles. The van der Waals surface area contributed by atoms with Gasteiger partial charge in [-0.3, -0.25) is 9.69 Å². The molecule has 0 saturated carbocycles. The lowest BCUT2D eigenvalue weighted by molar-refractivity contribution is -0.142. The summed E-state index contributed by atoms with van der Waals surface area (Å²) in [5.74, 6) is 0.195. The molecule has 2 aliphatic heterocycles. The molecule has 3 heterocycles. The van der Waals surface area contributed by atoms with Crippen molar-refractivity contribution in [2.24, 2.45) is 0 Å². The molecule has 0 radical (unpaired) electrons. The lowest BCUT2D eigenvalue weighted by Crippen LogP contribution is -2.50. The van der Waals surface area contributed by atoms with Crippen LogP contribution in [0, 0.1) is 0 Å². The molecular weight excluding hydrogens is 340 g/mol. The van der Waals surface area contributed by atoms with Gasteiger partial charge in [0.25, 0.3) is 5.91 Å². The van der Waals surface area contributed by atoms with Crippen molar-refractivity contribution in [3.63, 3.8) is 0 Å². The number of amides is 1. The Hall–Kier alpha value is -0.430. The minimum atomic E-state index is -0.171. The summed E-state index contributed by atoms with van der Waals surface area (Å²) in [4.78, 5) is 18.0. The highest BCUT2D eigenvalue weighted by Crippen LogP contribution is 2.24. The fourth-order valence-electron chi connectivity index (χ4n) is 2.76. The predicted molar refractivity (Wildman–Crippen MR) is 82.9 cm³/mol. The summed E-state index contributed by atoms with van der Waals surface area (Å²) in [5.41, 5.74) is 0. The topological polar surface area (TPSA) is 32.8 Å². The Labute approximate surface area is 131 Å². The Morgan fingerprint density at radius 3 is 2.75 bits per heavy atom. The summed E-state index contributed by atoms with van der Waals surface area (Å²) in [6, 6.07) is 4.26. The Balaban J connectivity index is 1.48. The summed E-state index contributed by atoms with van der Waals surface area (Å²) in [5, 5.41) is 0. The standard InChI is InChI=1S/C14H19BrN2O2S/c15-13-4-3-11(20-13)10-16-5-7-17(8-6-16)14(18)12-2-1-9-19-12/h3-4,12H,1-2,5-10H2. The van der Waals surface area contributed by atoms with E-state index in [1.54, 1.807) is 11.3 Å². The molecule has 110 valence electrons. The minimum absolute atomic E-state index is 0.171. The number of carbonyl (C=O) groups excluding carboxylic acids is 1. The lowest BCUT2D eigenvalue weighted by atomic mass is 10.2. The summed E-state index contributed by atoms with van der Waals surface area (Å²) >= 11 is 5.28. The van der Waals surface area contributed by atoms with E-state index in [2.05, 4.69) is 33.0 Å². The first-order valence-corrected chi connectivity index (χ1v) is 8.70. The van der Waals surface area contributed by atoms with E-state index in [0.717, 1.165) is 52.2 Å². The first-order chi connectivity index (χ1) is 9.72. The first kappa shape index (κ1) is 14.5. The summed E-state index contributed by atoms with van der Waals surface area (Å²) in [6.45, 7) is 5.28. The zero-order valence-electron chi connectivity index (χ0n) is 11.4. The monoisotopic (exact) mass is 358 g/mol. The Bertz CT molecular complexity index is 465. The third-order valence-electron chi connectivity index (χ3n) is 3.90. The lowest BCUT2D eigenvalue weighted by Gasteiger charge is -2.35. The maximum absolute atomic E-state index is 12.2. The number of nitrogens with zero attached hydrogens (tertiary/aromatic N) is 2. The van der Waals surface area contributed by atoms with Crippen LogP contribution in [0.15, 0.2) is 15.9 Å². The van der Waals surface area contributed by atoms with Gasteiger partial charge in [0.2, 0.25) is 0 Å². The number of carbonyl (C=O) groups is 1. The number of hydrogen-bond acceptors (Lipinski definition) is 4. The van der Waals surface area contributed by atoms with E-state index in [1.165, 1.54) is 8.66 Å². The average Bonchev–Trinajstić information content (AvgIpc) is 3.11. The molecule has 20 heavy (non-hydrogen) atoms. The molecule has 1 aromatic rings. The van der Waals surface area contributed by atoms with E-state index in [-0.39, 0.29) is 12.0 Å². The fraction of sp³-hybridized carbons (Fsp3) is 0.643. The van der Waals surface area contributed by atoms with Crippen molar-refractivity contribution >= 4 is 33.2 Å². The van der Waals surface area contributed by atoms with Crippen LogP contribution in [-0.2, 0) is 16.1 Å². The number of hydrogen-bond donors (Lipinski definition) is 0. The SMILES string of the molecule is O=C(C1CCCO1)N1CCN(Cc2ccc(Br)s2)CC1.